The van der Waals surface area contributed by atoms with Crippen molar-refractivity contribution in [1.29, 1.82) is 0 Å². The van der Waals surface area contributed by atoms with Gasteiger partial charge in [-0.2, -0.15) is 5.10 Å². The number of aliphatic hydroxyl groups is 1. The van der Waals surface area contributed by atoms with E-state index in [0.717, 1.165) is 16.5 Å². The molecule has 20 heavy (non-hydrogen) atoms. The van der Waals surface area contributed by atoms with Crippen LogP contribution in [0, 0.1) is 0 Å². The summed E-state index contributed by atoms with van der Waals surface area (Å²) in [6, 6.07) is 12.5. The van der Waals surface area contributed by atoms with Crippen LogP contribution in [0.2, 0.25) is 0 Å². The fourth-order valence-electron chi connectivity index (χ4n) is 2.03. The Kier molecular flexibility index (Phi) is 3.18. The molecular weight excluding hydrogens is 254 g/mol. The number of nitrogens with zero attached hydrogens (tertiary/aromatic N) is 1. The highest BCUT2D eigenvalue weighted by Crippen LogP contribution is 2.16. The molecule has 0 aliphatic rings. The summed E-state index contributed by atoms with van der Waals surface area (Å²) < 4.78 is 0. The molecule has 2 aromatic carbocycles. The lowest BCUT2D eigenvalue weighted by atomic mass is 10.1. The Bertz CT molecular complexity index is 764. The number of rotatable bonds is 3. The van der Waals surface area contributed by atoms with E-state index in [-0.39, 0.29) is 12.5 Å². The third-order valence-corrected chi connectivity index (χ3v) is 3.07. The Labute approximate surface area is 115 Å². The van der Waals surface area contributed by atoms with Gasteiger partial charge in [0.05, 0.1) is 18.3 Å². The van der Waals surface area contributed by atoms with Gasteiger partial charge in [0.1, 0.15) is 0 Å². The number of carbonyl (C=O) groups excluding carboxylic acids is 1. The minimum absolute atomic E-state index is 0.0509. The molecule has 0 saturated heterocycles. The summed E-state index contributed by atoms with van der Waals surface area (Å²) in [5, 5.41) is 19.5. The molecule has 1 heterocycles. The van der Waals surface area contributed by atoms with Crippen LogP contribution in [0.3, 0.4) is 0 Å². The molecule has 0 bridgehead atoms. The molecule has 5 nitrogen and oxygen atoms in total. The average molecular weight is 267 g/mol. The molecule has 0 atom stereocenters. The number of aromatic amines is 1. The van der Waals surface area contributed by atoms with Crippen molar-refractivity contribution >= 4 is 22.5 Å². The number of amides is 1. The van der Waals surface area contributed by atoms with Gasteiger partial charge in [0.25, 0.3) is 5.91 Å². The van der Waals surface area contributed by atoms with Gasteiger partial charge < -0.3 is 10.4 Å². The Morgan fingerprint density at radius 1 is 1.25 bits per heavy atom. The Hall–Kier alpha value is -2.66. The molecule has 0 saturated carbocycles. The highest BCUT2D eigenvalue weighted by Gasteiger charge is 2.07. The van der Waals surface area contributed by atoms with E-state index in [1.807, 2.05) is 6.07 Å². The van der Waals surface area contributed by atoms with Gasteiger partial charge in [-0.15, -0.1) is 0 Å². The standard InChI is InChI=1S/C15H13N3O2/c19-9-10-2-1-3-13(6-10)17-15(20)11-4-5-14-12(7-11)8-16-18-14/h1-8,19H,9H2,(H,16,18)(H,17,20). The molecule has 1 amide bonds. The number of H-pyrrole nitrogens is 1. The molecule has 0 radical (unpaired) electrons. The second-order valence-electron chi connectivity index (χ2n) is 4.48. The second kappa shape index (κ2) is 5.14. The van der Waals surface area contributed by atoms with Gasteiger partial charge in [0, 0.05) is 16.6 Å². The summed E-state index contributed by atoms with van der Waals surface area (Å²) >= 11 is 0. The predicted octanol–water partition coefficient (Wildman–Crippen LogP) is 2.31. The number of aliphatic hydroxyl groups excluding tert-OH is 1. The minimum Gasteiger partial charge on any atom is -0.392 e. The molecule has 0 spiro atoms. The van der Waals surface area contributed by atoms with Crippen LogP contribution >= 0.6 is 0 Å². The van der Waals surface area contributed by atoms with Crippen LogP contribution in [0.15, 0.2) is 48.7 Å². The highest BCUT2D eigenvalue weighted by molar-refractivity contribution is 6.06. The van der Waals surface area contributed by atoms with Crippen molar-refractivity contribution in [2.75, 3.05) is 5.32 Å². The minimum atomic E-state index is -0.191. The quantitative estimate of drug-likeness (QED) is 0.681. The molecule has 3 rings (SSSR count). The fraction of sp³-hybridized carbons (Fsp3) is 0.0667. The van der Waals surface area contributed by atoms with Gasteiger partial charge in [-0.3, -0.25) is 9.89 Å². The van der Waals surface area contributed by atoms with E-state index < -0.39 is 0 Å². The molecule has 0 fully saturated rings. The maximum Gasteiger partial charge on any atom is 0.255 e. The summed E-state index contributed by atoms with van der Waals surface area (Å²) in [6.45, 7) is -0.0509. The average Bonchev–Trinajstić information content (AvgIpc) is 2.94. The highest BCUT2D eigenvalue weighted by atomic mass is 16.3. The van der Waals surface area contributed by atoms with E-state index in [4.69, 9.17) is 5.11 Å². The van der Waals surface area contributed by atoms with Gasteiger partial charge in [-0.05, 0) is 35.9 Å². The first kappa shape index (κ1) is 12.4. The van der Waals surface area contributed by atoms with Crippen molar-refractivity contribution in [1.82, 2.24) is 10.2 Å². The van der Waals surface area contributed by atoms with Crippen molar-refractivity contribution in [2.24, 2.45) is 0 Å². The maximum atomic E-state index is 12.2. The van der Waals surface area contributed by atoms with Crippen molar-refractivity contribution in [3.05, 3.63) is 59.8 Å². The van der Waals surface area contributed by atoms with E-state index in [2.05, 4.69) is 15.5 Å². The first-order valence-corrected chi connectivity index (χ1v) is 6.20. The number of benzene rings is 2. The maximum absolute atomic E-state index is 12.2. The molecule has 5 heteroatoms. The van der Waals surface area contributed by atoms with E-state index in [1.165, 1.54) is 0 Å². The lowest BCUT2D eigenvalue weighted by molar-refractivity contribution is 0.102. The Balaban J connectivity index is 1.84. The monoisotopic (exact) mass is 267 g/mol. The summed E-state index contributed by atoms with van der Waals surface area (Å²) in [7, 11) is 0. The van der Waals surface area contributed by atoms with Crippen LogP contribution in [0.1, 0.15) is 15.9 Å². The zero-order valence-electron chi connectivity index (χ0n) is 10.6. The van der Waals surface area contributed by atoms with E-state index in [1.54, 1.807) is 42.6 Å². The molecule has 0 unspecified atom stereocenters. The van der Waals surface area contributed by atoms with Crippen molar-refractivity contribution in [3.63, 3.8) is 0 Å². The van der Waals surface area contributed by atoms with Crippen LogP contribution < -0.4 is 5.32 Å². The van der Waals surface area contributed by atoms with Gasteiger partial charge >= 0.3 is 0 Å². The van der Waals surface area contributed by atoms with Crippen molar-refractivity contribution < 1.29 is 9.90 Å². The second-order valence-corrected chi connectivity index (χ2v) is 4.48. The lowest BCUT2D eigenvalue weighted by Gasteiger charge is -2.06. The topological polar surface area (TPSA) is 78.0 Å². The number of hydrogen-bond acceptors (Lipinski definition) is 3. The van der Waals surface area contributed by atoms with Crippen LogP contribution in [0.25, 0.3) is 10.9 Å². The first-order chi connectivity index (χ1) is 9.76. The predicted molar refractivity (Wildman–Crippen MR) is 76.4 cm³/mol. The number of anilines is 1. The summed E-state index contributed by atoms with van der Waals surface area (Å²) in [5.74, 6) is -0.191. The number of nitrogens with one attached hydrogen (secondary N) is 2. The number of carbonyl (C=O) groups is 1. The van der Waals surface area contributed by atoms with Crippen LogP contribution in [-0.4, -0.2) is 21.2 Å². The van der Waals surface area contributed by atoms with Crippen LogP contribution in [0.5, 0.6) is 0 Å². The molecule has 100 valence electrons. The normalized spacial score (nSPS) is 10.7. The van der Waals surface area contributed by atoms with Crippen LogP contribution in [0.4, 0.5) is 5.69 Å². The van der Waals surface area contributed by atoms with Crippen molar-refractivity contribution in [3.8, 4) is 0 Å². The molecule has 0 aliphatic carbocycles. The van der Waals surface area contributed by atoms with E-state index >= 15 is 0 Å². The molecular formula is C15H13N3O2. The SMILES string of the molecule is O=C(Nc1cccc(CO)c1)c1ccc2[nH]ncc2c1. The van der Waals surface area contributed by atoms with Crippen molar-refractivity contribution in [2.45, 2.75) is 6.61 Å². The molecule has 3 N–H and O–H groups in total. The summed E-state index contributed by atoms with van der Waals surface area (Å²) in [5.41, 5.74) is 2.87. The zero-order valence-corrected chi connectivity index (χ0v) is 10.6. The Morgan fingerprint density at radius 3 is 3.00 bits per heavy atom. The van der Waals surface area contributed by atoms with Gasteiger partial charge in [0.15, 0.2) is 0 Å². The molecule has 1 aromatic heterocycles. The zero-order chi connectivity index (χ0) is 13.9. The third kappa shape index (κ3) is 2.39. The third-order valence-electron chi connectivity index (χ3n) is 3.07. The van der Waals surface area contributed by atoms with Gasteiger partial charge in [0.2, 0.25) is 0 Å². The van der Waals surface area contributed by atoms with Crippen LogP contribution in [-0.2, 0) is 6.61 Å². The van der Waals surface area contributed by atoms with Gasteiger partial charge in [-0.25, -0.2) is 0 Å². The fourth-order valence-corrected chi connectivity index (χ4v) is 2.03. The summed E-state index contributed by atoms with van der Waals surface area (Å²) in [4.78, 5) is 12.2. The molecule has 0 aliphatic heterocycles. The lowest BCUT2D eigenvalue weighted by Crippen LogP contribution is -2.11. The first-order valence-electron chi connectivity index (χ1n) is 6.20. The largest absolute Gasteiger partial charge is 0.392 e. The van der Waals surface area contributed by atoms with Gasteiger partial charge in [-0.1, -0.05) is 12.1 Å². The number of hydrogen-bond donors (Lipinski definition) is 3. The Morgan fingerprint density at radius 2 is 2.15 bits per heavy atom. The summed E-state index contributed by atoms with van der Waals surface area (Å²) in [6.07, 6.45) is 1.68. The van der Waals surface area contributed by atoms with E-state index in [9.17, 15) is 4.79 Å². The number of aromatic nitrogens is 2. The number of fused-ring (bicyclic) bond motifs is 1. The van der Waals surface area contributed by atoms with E-state index in [0.29, 0.717) is 11.3 Å². The molecule has 3 aromatic rings. The smallest absolute Gasteiger partial charge is 0.255 e.